The van der Waals surface area contributed by atoms with Crippen LogP contribution in [0.4, 0.5) is 0 Å². The zero-order chi connectivity index (χ0) is 27.2. The minimum Gasteiger partial charge on any atom is -0.353 e. The zero-order valence-corrected chi connectivity index (χ0v) is 24.0. The summed E-state index contributed by atoms with van der Waals surface area (Å²) in [6.07, 6.45) is 12.8. The fourth-order valence-electron chi connectivity index (χ4n) is 6.44. The first-order chi connectivity index (χ1) is 19.0. The topological polar surface area (TPSA) is 79.3 Å². The molecule has 39 heavy (non-hydrogen) atoms. The van der Waals surface area contributed by atoms with Crippen molar-refractivity contribution in [3.8, 4) is 11.3 Å². The number of carbonyl (C=O) groups excluding carboxylic acids is 2. The van der Waals surface area contributed by atoms with Crippen LogP contribution in [-0.2, 0) is 4.79 Å². The molecule has 2 heterocycles. The third kappa shape index (κ3) is 7.10. The molecule has 2 aliphatic carbocycles. The van der Waals surface area contributed by atoms with E-state index in [0.29, 0.717) is 30.1 Å². The summed E-state index contributed by atoms with van der Waals surface area (Å²) in [6, 6.07) is 10.9. The molecular weight excluding hydrogens is 486 g/mol. The van der Waals surface area contributed by atoms with Crippen LogP contribution in [-0.4, -0.2) is 58.2 Å². The number of piperidine rings is 1. The summed E-state index contributed by atoms with van der Waals surface area (Å²) in [7, 11) is 0. The molecule has 3 fully saturated rings. The van der Waals surface area contributed by atoms with Gasteiger partial charge in [0.05, 0.1) is 11.7 Å². The summed E-state index contributed by atoms with van der Waals surface area (Å²) >= 11 is 0. The predicted octanol–water partition coefficient (Wildman–Crippen LogP) is 5.82. The standard InChI is InChI=1S/C32H47N5O2/c1-23(2)27-15-6-7-16-28(27)30-22-29(35-37(30)26-13-4-5-14-26)32(39)34-25(17-20-36-18-8-3-9-19-36)21-31(38)33-24-11-10-12-24/h6-7,15-16,22-26H,3-5,8-14,17-21H2,1-2H3,(H,33,38)(H,34,39)/t25-/m0/s1. The molecule has 0 spiro atoms. The third-order valence-electron chi connectivity index (χ3n) is 8.98. The summed E-state index contributed by atoms with van der Waals surface area (Å²) < 4.78 is 2.12. The monoisotopic (exact) mass is 533 g/mol. The molecule has 1 aromatic heterocycles. The first-order valence-electron chi connectivity index (χ1n) is 15.5. The molecule has 1 saturated heterocycles. The molecule has 2 N–H and O–H groups in total. The van der Waals surface area contributed by atoms with Crippen LogP contribution in [0.1, 0.15) is 119 Å². The largest absolute Gasteiger partial charge is 0.353 e. The summed E-state index contributed by atoms with van der Waals surface area (Å²) in [5, 5.41) is 11.3. The summed E-state index contributed by atoms with van der Waals surface area (Å²) in [5.41, 5.74) is 3.92. The number of carbonyl (C=O) groups is 2. The highest BCUT2D eigenvalue weighted by Crippen LogP contribution is 2.36. The van der Waals surface area contributed by atoms with Gasteiger partial charge in [-0.3, -0.25) is 14.3 Å². The number of likely N-dealkylation sites (tertiary alicyclic amines) is 1. The number of amides is 2. The van der Waals surface area contributed by atoms with Crippen LogP contribution >= 0.6 is 0 Å². The average Bonchev–Trinajstić information content (AvgIpc) is 3.60. The molecule has 2 aromatic rings. The van der Waals surface area contributed by atoms with Crippen LogP contribution in [0.5, 0.6) is 0 Å². The van der Waals surface area contributed by atoms with Crippen LogP contribution in [0.3, 0.4) is 0 Å². The Morgan fingerprint density at radius 2 is 1.72 bits per heavy atom. The second-order valence-electron chi connectivity index (χ2n) is 12.3. The highest BCUT2D eigenvalue weighted by molar-refractivity contribution is 5.94. The van der Waals surface area contributed by atoms with Gasteiger partial charge in [-0.25, -0.2) is 0 Å². The van der Waals surface area contributed by atoms with Crippen LogP contribution in [0, 0.1) is 0 Å². The Bertz CT molecular complexity index is 1110. The molecule has 1 aliphatic heterocycles. The van der Waals surface area contributed by atoms with Gasteiger partial charge in [0.1, 0.15) is 0 Å². The molecule has 0 bridgehead atoms. The van der Waals surface area contributed by atoms with Gasteiger partial charge >= 0.3 is 0 Å². The van der Waals surface area contributed by atoms with E-state index in [2.05, 4.69) is 58.3 Å². The Balaban J connectivity index is 1.35. The molecule has 3 aliphatic rings. The van der Waals surface area contributed by atoms with Gasteiger partial charge in [0.25, 0.3) is 5.91 Å². The van der Waals surface area contributed by atoms with Crippen LogP contribution < -0.4 is 10.6 Å². The minimum absolute atomic E-state index is 0.0479. The van der Waals surface area contributed by atoms with E-state index in [1.165, 1.54) is 44.1 Å². The molecular formula is C32H47N5O2. The van der Waals surface area contributed by atoms with E-state index in [1.807, 2.05) is 6.07 Å². The van der Waals surface area contributed by atoms with Crippen LogP contribution in [0.2, 0.25) is 0 Å². The van der Waals surface area contributed by atoms with Crippen molar-refractivity contribution in [1.82, 2.24) is 25.3 Å². The lowest BCUT2D eigenvalue weighted by atomic mass is 9.93. The molecule has 5 rings (SSSR count). The van der Waals surface area contributed by atoms with Crippen molar-refractivity contribution in [3.05, 3.63) is 41.6 Å². The van der Waals surface area contributed by atoms with Gasteiger partial charge in [0.2, 0.25) is 5.91 Å². The molecule has 0 radical (unpaired) electrons. The number of aromatic nitrogens is 2. The van der Waals surface area contributed by atoms with E-state index in [0.717, 1.165) is 63.0 Å². The Morgan fingerprint density at radius 3 is 2.41 bits per heavy atom. The van der Waals surface area contributed by atoms with Crippen molar-refractivity contribution in [2.24, 2.45) is 0 Å². The summed E-state index contributed by atoms with van der Waals surface area (Å²) in [5.74, 6) is 0.251. The number of benzene rings is 1. The molecule has 2 amide bonds. The third-order valence-corrected chi connectivity index (χ3v) is 8.98. The van der Waals surface area contributed by atoms with Crippen molar-refractivity contribution < 1.29 is 9.59 Å². The maximum atomic E-state index is 13.7. The number of hydrogen-bond acceptors (Lipinski definition) is 4. The maximum absolute atomic E-state index is 13.7. The van der Waals surface area contributed by atoms with Crippen molar-refractivity contribution >= 4 is 11.8 Å². The van der Waals surface area contributed by atoms with E-state index in [-0.39, 0.29) is 17.9 Å². The van der Waals surface area contributed by atoms with Gasteiger partial charge in [-0.15, -0.1) is 0 Å². The predicted molar refractivity (Wildman–Crippen MR) is 156 cm³/mol. The van der Waals surface area contributed by atoms with Crippen molar-refractivity contribution in [2.75, 3.05) is 19.6 Å². The van der Waals surface area contributed by atoms with Crippen molar-refractivity contribution in [1.29, 1.82) is 0 Å². The quantitative estimate of drug-likeness (QED) is 0.381. The molecule has 1 aromatic carbocycles. The van der Waals surface area contributed by atoms with Crippen LogP contribution in [0.15, 0.2) is 30.3 Å². The number of rotatable bonds is 11. The highest BCUT2D eigenvalue weighted by atomic mass is 16.2. The highest BCUT2D eigenvalue weighted by Gasteiger charge is 2.28. The number of nitrogens with one attached hydrogen (secondary N) is 2. The molecule has 0 unspecified atom stereocenters. The maximum Gasteiger partial charge on any atom is 0.272 e. The Labute approximate surface area is 234 Å². The molecule has 7 heteroatoms. The zero-order valence-electron chi connectivity index (χ0n) is 24.0. The Hall–Kier alpha value is -2.67. The minimum atomic E-state index is -0.206. The SMILES string of the molecule is CC(C)c1ccccc1-c1cc(C(=O)N[C@@H](CCN2CCCCC2)CC(=O)NC2CCC2)nn1C1CCCC1. The van der Waals surface area contributed by atoms with E-state index in [1.54, 1.807) is 0 Å². The van der Waals surface area contributed by atoms with Gasteiger partial charge in [-0.2, -0.15) is 5.10 Å². The van der Waals surface area contributed by atoms with E-state index >= 15 is 0 Å². The second-order valence-corrected chi connectivity index (χ2v) is 12.3. The lowest BCUT2D eigenvalue weighted by Crippen LogP contribution is -2.45. The molecule has 7 nitrogen and oxygen atoms in total. The fraction of sp³-hybridized carbons (Fsp3) is 0.656. The first kappa shape index (κ1) is 27.9. The van der Waals surface area contributed by atoms with Gasteiger partial charge in [-0.1, -0.05) is 57.4 Å². The smallest absolute Gasteiger partial charge is 0.272 e. The fourth-order valence-corrected chi connectivity index (χ4v) is 6.44. The Morgan fingerprint density at radius 1 is 0.974 bits per heavy atom. The van der Waals surface area contributed by atoms with Crippen molar-refractivity contribution in [2.45, 2.75) is 115 Å². The van der Waals surface area contributed by atoms with Crippen molar-refractivity contribution in [3.63, 3.8) is 0 Å². The van der Waals surface area contributed by atoms with Gasteiger partial charge < -0.3 is 15.5 Å². The molecule has 2 saturated carbocycles. The summed E-state index contributed by atoms with van der Waals surface area (Å²) in [4.78, 5) is 29.0. The lowest BCUT2D eigenvalue weighted by Gasteiger charge is -2.29. The van der Waals surface area contributed by atoms with E-state index < -0.39 is 0 Å². The Kier molecular flexibility index (Phi) is 9.38. The van der Waals surface area contributed by atoms with Crippen LogP contribution in [0.25, 0.3) is 11.3 Å². The van der Waals surface area contributed by atoms with Gasteiger partial charge in [-0.05, 0) is 82.0 Å². The van der Waals surface area contributed by atoms with Gasteiger partial charge in [0, 0.05) is 30.6 Å². The average molecular weight is 534 g/mol. The second kappa shape index (κ2) is 13.1. The van der Waals surface area contributed by atoms with E-state index in [9.17, 15) is 9.59 Å². The normalized spacial score (nSPS) is 19.7. The lowest BCUT2D eigenvalue weighted by molar-refractivity contribution is -0.122. The molecule has 212 valence electrons. The number of hydrogen-bond donors (Lipinski definition) is 2. The number of nitrogens with zero attached hydrogens (tertiary/aromatic N) is 3. The van der Waals surface area contributed by atoms with Gasteiger partial charge in [0.15, 0.2) is 5.69 Å². The molecule has 1 atom stereocenters. The van der Waals surface area contributed by atoms with E-state index in [4.69, 9.17) is 5.10 Å². The first-order valence-corrected chi connectivity index (χ1v) is 15.5. The summed E-state index contributed by atoms with van der Waals surface area (Å²) in [6.45, 7) is 7.55.